The molecule has 1 aliphatic heterocycles. The van der Waals surface area contributed by atoms with Crippen LogP contribution < -0.4 is 63.0 Å². The summed E-state index contributed by atoms with van der Waals surface area (Å²) in [5.74, 6) is -16.6. The summed E-state index contributed by atoms with van der Waals surface area (Å²) < 4.78 is 17.1. The van der Waals surface area contributed by atoms with Gasteiger partial charge in [0.2, 0.25) is 29.5 Å². The normalized spacial score (nSPS) is 15.5. The average Bonchev–Trinajstić information content (AvgIpc) is 0.749. The van der Waals surface area contributed by atoms with Gasteiger partial charge in [0, 0.05) is 123 Å². The second kappa shape index (κ2) is 41.2. The van der Waals surface area contributed by atoms with Crippen molar-refractivity contribution in [1.29, 1.82) is 0 Å². The fourth-order valence-electron chi connectivity index (χ4n) is 10.7. The first kappa shape index (κ1) is 84.1. The second-order valence-corrected chi connectivity index (χ2v) is 30.2. The van der Waals surface area contributed by atoms with E-state index in [0.717, 1.165) is 0 Å². The van der Waals surface area contributed by atoms with Crippen molar-refractivity contribution in [2.75, 3.05) is 98.2 Å². The molecule has 1 aromatic rings. The molecule has 0 spiro atoms. The molecule has 8 amide bonds. The van der Waals surface area contributed by atoms with E-state index in [1.807, 2.05) is 52.2 Å². The van der Waals surface area contributed by atoms with Crippen molar-refractivity contribution in [3.63, 3.8) is 0 Å². The SMILES string of the molecule is CC(C)(C)[Si](F)(c1ccc(C(=O)NCC(NC(=O)CN2CCN(CC(=O)[O-])CCN(CC(=O)[O-])CCN(CC(=O)[O-])CC2)C(=O)NC(CCCCNC(=O)CCC(=O)NCCCC(NC(=O)CC[C@H](NC(=O)N[C@@H](CCC(=O)O)C(=O)O)C(=O)O)C(=O)O)C(=O)O)cc1)C(C)(C)C. The molecule has 1 heterocycles. The minimum Gasteiger partial charge on any atom is -0.549 e. The van der Waals surface area contributed by atoms with Crippen LogP contribution in [0.2, 0.25) is 10.1 Å². The van der Waals surface area contributed by atoms with Gasteiger partial charge in [0.1, 0.15) is 30.2 Å². The van der Waals surface area contributed by atoms with Crippen LogP contribution >= 0.6 is 0 Å². The number of carboxylic acids is 8. The summed E-state index contributed by atoms with van der Waals surface area (Å²) in [5.41, 5.74) is 0.0635. The highest BCUT2D eigenvalue weighted by Gasteiger charge is 2.56. The fourth-order valence-corrected chi connectivity index (χ4v) is 15.3. The second-order valence-electron chi connectivity index (χ2n) is 25.4. The van der Waals surface area contributed by atoms with Gasteiger partial charge in [-0.15, -0.1) is 0 Å². The van der Waals surface area contributed by atoms with Crippen LogP contribution in [-0.2, 0) is 62.3 Å². The summed E-state index contributed by atoms with van der Waals surface area (Å²) in [4.78, 5) is 191. The lowest BCUT2D eigenvalue weighted by atomic mass is 10.1. The third-order valence-corrected chi connectivity index (χ3v) is 20.9. The lowest BCUT2D eigenvalue weighted by molar-refractivity contribution is -0.308. The van der Waals surface area contributed by atoms with Crippen molar-refractivity contribution in [3.8, 4) is 0 Å². The first-order valence-corrected chi connectivity index (χ1v) is 33.3. The minimum absolute atomic E-state index is 0.00482. The first-order chi connectivity index (χ1) is 45.2. The number of nitrogens with zero attached hydrogens (tertiary/aromatic N) is 4. The van der Waals surface area contributed by atoms with E-state index in [9.17, 15) is 108 Å². The van der Waals surface area contributed by atoms with E-state index in [-0.39, 0.29) is 116 Å². The highest BCUT2D eigenvalue weighted by Crippen LogP contribution is 2.51. The number of aliphatic carboxylic acids is 8. The number of unbranched alkanes of at least 4 members (excludes halogenated alkanes) is 1. The number of carbonyl (C=O) groups is 15. The van der Waals surface area contributed by atoms with Crippen LogP contribution in [0.15, 0.2) is 24.3 Å². The predicted molar refractivity (Wildman–Crippen MR) is 336 cm³/mol. The largest absolute Gasteiger partial charge is 0.549 e. The van der Waals surface area contributed by atoms with E-state index in [4.69, 9.17) is 5.11 Å². The average molecular weight is 1400 g/mol. The standard InChI is InChI=1S/C60H95FN12O23Si/c1-59(2,3)97(61,60(4,5)6)38-14-12-37(13-15-38)52(86)64-32-43(66-47(77)33-70-24-26-71(34-49(80)81)28-30-73(36-51(84)85)31-29-72(27-25-70)35-50(82)83)53(87)67-40(55(90)91)10-7-8-22-62-44(74)19-20-45(75)63-23-9-11-39(54(88)89)65-46(76)18-16-41(56(92)93)68-58(96)69-42(57(94)95)17-21-48(78)79/h12-15,39-43H,7-11,16-36H2,1-6H3,(H,62,74)(H,63,75)(H,64,86)(H,65,76)(H,66,77)(H,67,87)(H,78,79)(H,80,81)(H,82,83)(H,84,85)(H,88,89)(H,90,91)(H,92,93)(H,94,95)(H2,68,69,96)/p-3/t39?,40?,41-,42-,43?/m0/s1. The number of hydrogen-bond acceptors (Lipinski definition) is 22. The molecule has 0 aliphatic carbocycles. The third kappa shape index (κ3) is 32.1. The maximum atomic E-state index is 17.1. The number of hydrogen-bond donors (Lipinski definition) is 13. The van der Waals surface area contributed by atoms with Crippen molar-refractivity contribution in [3.05, 3.63) is 29.8 Å². The minimum atomic E-state index is -3.75. The van der Waals surface area contributed by atoms with Crippen molar-refractivity contribution >= 4 is 103 Å². The molecular formula is C60H92FN12O23Si-3. The van der Waals surface area contributed by atoms with Crippen LogP contribution in [0, 0.1) is 0 Å². The van der Waals surface area contributed by atoms with Crippen molar-refractivity contribution < 1.29 is 117 Å². The van der Waals surface area contributed by atoms with Gasteiger partial charge in [-0.05, 0) is 72.3 Å². The van der Waals surface area contributed by atoms with Crippen molar-refractivity contribution in [2.45, 2.75) is 152 Å². The molecule has 0 aromatic heterocycles. The zero-order valence-corrected chi connectivity index (χ0v) is 56.3. The molecule has 1 aromatic carbocycles. The monoisotopic (exact) mass is 1400 g/mol. The van der Waals surface area contributed by atoms with Gasteiger partial charge in [0.15, 0.2) is 0 Å². The maximum absolute atomic E-state index is 17.1. The number of urea groups is 1. The lowest BCUT2D eigenvalue weighted by Gasteiger charge is -2.44. The molecule has 5 atom stereocenters. The van der Waals surface area contributed by atoms with Gasteiger partial charge in [-0.3, -0.25) is 53.2 Å². The van der Waals surface area contributed by atoms with Crippen LogP contribution in [0.4, 0.5) is 8.90 Å². The molecule has 97 heavy (non-hydrogen) atoms. The Labute approximate surface area is 560 Å². The number of carbonyl (C=O) groups excluding carboxylic acids is 10. The van der Waals surface area contributed by atoms with Gasteiger partial charge in [0.25, 0.3) is 14.3 Å². The molecule has 544 valence electrons. The summed E-state index contributed by atoms with van der Waals surface area (Å²) in [6.07, 6.45) is -3.09. The zero-order valence-electron chi connectivity index (χ0n) is 55.3. The topological polar surface area (TPSA) is 536 Å². The number of amides is 8. The Bertz CT molecular complexity index is 2870. The van der Waals surface area contributed by atoms with Gasteiger partial charge in [-0.2, -0.15) is 0 Å². The Kier molecular flexibility index (Phi) is 35.8. The van der Waals surface area contributed by atoms with E-state index in [2.05, 4.69) is 31.9 Å². The summed E-state index contributed by atoms with van der Waals surface area (Å²) in [6.45, 7) is 7.97. The van der Waals surface area contributed by atoms with Crippen molar-refractivity contribution in [2.24, 2.45) is 0 Å². The van der Waals surface area contributed by atoms with Gasteiger partial charge in [0.05, 0.1) is 24.5 Å². The summed E-state index contributed by atoms with van der Waals surface area (Å²) in [7, 11) is -3.75. The zero-order chi connectivity index (χ0) is 73.4. The van der Waals surface area contributed by atoms with E-state index in [1.54, 1.807) is 0 Å². The smallest absolute Gasteiger partial charge is 0.326 e. The Morgan fingerprint density at radius 1 is 0.443 bits per heavy atom. The number of halogens is 1. The molecule has 0 bridgehead atoms. The molecule has 35 nitrogen and oxygen atoms in total. The van der Waals surface area contributed by atoms with Crippen LogP contribution in [0.5, 0.6) is 0 Å². The Balaban J connectivity index is 2.11. The molecule has 3 unspecified atom stereocenters. The van der Waals surface area contributed by atoms with Crippen LogP contribution in [0.3, 0.4) is 0 Å². The molecule has 2 rings (SSSR count). The molecule has 1 aliphatic rings. The van der Waals surface area contributed by atoms with E-state index in [1.165, 1.54) is 43.9 Å². The highest BCUT2D eigenvalue weighted by atomic mass is 28.4. The lowest BCUT2D eigenvalue weighted by Crippen LogP contribution is -2.58. The highest BCUT2D eigenvalue weighted by molar-refractivity contribution is 6.90. The van der Waals surface area contributed by atoms with Crippen LogP contribution in [0.25, 0.3) is 0 Å². The molecule has 1 saturated heterocycles. The molecule has 1 fully saturated rings. The number of nitrogens with one attached hydrogen (secondary N) is 8. The molecular weight excluding hydrogens is 1300 g/mol. The summed E-state index contributed by atoms with van der Waals surface area (Å²) in [5, 5.41) is 100.0. The number of benzene rings is 1. The molecule has 37 heteroatoms. The van der Waals surface area contributed by atoms with E-state index >= 15 is 4.11 Å². The number of rotatable bonds is 40. The molecule has 0 radical (unpaired) electrons. The fraction of sp³-hybridized carbons (Fsp3) is 0.650. The summed E-state index contributed by atoms with van der Waals surface area (Å²) in [6, 6.07) is -3.53. The summed E-state index contributed by atoms with van der Waals surface area (Å²) >= 11 is 0. The third-order valence-electron chi connectivity index (χ3n) is 15.7. The first-order valence-electron chi connectivity index (χ1n) is 31.4. The van der Waals surface area contributed by atoms with E-state index < -0.39 is 196 Å². The van der Waals surface area contributed by atoms with Crippen LogP contribution in [-0.4, -0.2) is 271 Å². The van der Waals surface area contributed by atoms with Gasteiger partial charge in [-0.1, -0.05) is 53.7 Å². The Morgan fingerprint density at radius 3 is 1.22 bits per heavy atom. The van der Waals surface area contributed by atoms with Crippen LogP contribution in [0.1, 0.15) is 123 Å². The van der Waals surface area contributed by atoms with Gasteiger partial charge >= 0.3 is 35.9 Å². The Morgan fingerprint density at radius 2 is 0.814 bits per heavy atom. The Hall–Kier alpha value is -8.94. The quantitative estimate of drug-likeness (QED) is 0.0165. The van der Waals surface area contributed by atoms with Crippen molar-refractivity contribution in [1.82, 2.24) is 62.1 Å². The van der Waals surface area contributed by atoms with Gasteiger partial charge < -0.3 is 102 Å². The molecule has 13 N–H and O–H groups in total. The van der Waals surface area contributed by atoms with E-state index in [0.29, 0.717) is 5.19 Å². The predicted octanol–water partition coefficient (Wildman–Crippen LogP) is -5.95. The molecule has 0 saturated carbocycles. The number of carboxylic acid groups (broad SMARTS) is 8. The maximum Gasteiger partial charge on any atom is 0.326 e. The van der Waals surface area contributed by atoms with Gasteiger partial charge in [-0.25, -0.2) is 24.0 Å².